The SMILES string of the molecule is O=C(Nc1ccc(Cl)c(-c2nnc3n2CCCCC3)c1)c1ccc(CN2C(=O)CCC2=O)cc1. The number of aryl methyl sites for hydroxylation is 1. The Morgan fingerprint density at radius 3 is 2.47 bits per heavy atom. The van der Waals surface area contributed by atoms with Crippen LogP contribution in [0.25, 0.3) is 11.4 Å². The maximum Gasteiger partial charge on any atom is 0.255 e. The average molecular weight is 478 g/mol. The molecular weight excluding hydrogens is 454 g/mol. The number of anilines is 1. The van der Waals surface area contributed by atoms with Gasteiger partial charge in [-0.1, -0.05) is 30.2 Å². The van der Waals surface area contributed by atoms with E-state index in [1.54, 1.807) is 36.4 Å². The van der Waals surface area contributed by atoms with E-state index in [4.69, 9.17) is 11.6 Å². The second-order valence-corrected chi connectivity index (χ2v) is 9.03. The molecular formula is C25H24ClN5O3. The van der Waals surface area contributed by atoms with Gasteiger partial charge in [-0.3, -0.25) is 19.3 Å². The number of aromatic nitrogens is 3. The summed E-state index contributed by atoms with van der Waals surface area (Å²) in [6.45, 7) is 1.08. The third-order valence-corrected chi connectivity index (χ3v) is 6.62. The summed E-state index contributed by atoms with van der Waals surface area (Å²) in [5.41, 5.74) is 2.60. The largest absolute Gasteiger partial charge is 0.322 e. The molecule has 0 unspecified atom stereocenters. The van der Waals surface area contributed by atoms with Gasteiger partial charge >= 0.3 is 0 Å². The summed E-state index contributed by atoms with van der Waals surface area (Å²) < 4.78 is 2.12. The predicted octanol–water partition coefficient (Wildman–Crippen LogP) is 4.23. The molecule has 34 heavy (non-hydrogen) atoms. The third kappa shape index (κ3) is 4.46. The normalized spacial score (nSPS) is 15.9. The smallest absolute Gasteiger partial charge is 0.255 e. The maximum atomic E-state index is 12.8. The number of rotatable bonds is 5. The van der Waals surface area contributed by atoms with Gasteiger partial charge in [0.25, 0.3) is 5.91 Å². The topological polar surface area (TPSA) is 97.2 Å². The molecule has 0 bridgehead atoms. The van der Waals surface area contributed by atoms with Gasteiger partial charge in [-0.15, -0.1) is 10.2 Å². The lowest BCUT2D eigenvalue weighted by Crippen LogP contribution is -2.28. The third-order valence-electron chi connectivity index (χ3n) is 6.29. The fourth-order valence-electron chi connectivity index (χ4n) is 4.41. The number of halogens is 1. The van der Waals surface area contributed by atoms with E-state index in [2.05, 4.69) is 20.1 Å². The van der Waals surface area contributed by atoms with Gasteiger partial charge in [0.05, 0.1) is 11.6 Å². The van der Waals surface area contributed by atoms with Gasteiger partial charge in [0.1, 0.15) is 5.82 Å². The molecule has 8 nitrogen and oxygen atoms in total. The van der Waals surface area contributed by atoms with Crippen molar-refractivity contribution in [3.05, 3.63) is 64.4 Å². The number of imide groups is 1. The number of carbonyl (C=O) groups excluding carboxylic acids is 3. The Hall–Kier alpha value is -3.52. The number of amides is 3. The Morgan fingerprint density at radius 1 is 0.941 bits per heavy atom. The molecule has 0 atom stereocenters. The molecule has 0 aliphatic carbocycles. The zero-order valence-electron chi connectivity index (χ0n) is 18.6. The zero-order chi connectivity index (χ0) is 23.7. The first-order valence-corrected chi connectivity index (χ1v) is 11.8. The molecule has 0 spiro atoms. The van der Waals surface area contributed by atoms with Crippen molar-refractivity contribution < 1.29 is 14.4 Å². The molecule has 1 fully saturated rings. The van der Waals surface area contributed by atoms with Crippen LogP contribution in [0.15, 0.2) is 42.5 Å². The molecule has 1 aromatic heterocycles. The van der Waals surface area contributed by atoms with Crippen molar-refractivity contribution in [3.8, 4) is 11.4 Å². The summed E-state index contributed by atoms with van der Waals surface area (Å²) in [7, 11) is 0. The maximum absolute atomic E-state index is 12.8. The van der Waals surface area contributed by atoms with Crippen molar-refractivity contribution in [1.29, 1.82) is 0 Å². The second-order valence-electron chi connectivity index (χ2n) is 8.62. The molecule has 3 heterocycles. The fourth-order valence-corrected chi connectivity index (χ4v) is 4.61. The number of fused-ring (bicyclic) bond motifs is 1. The lowest BCUT2D eigenvalue weighted by molar-refractivity contribution is -0.139. The van der Waals surface area contributed by atoms with E-state index in [1.165, 1.54) is 4.90 Å². The van der Waals surface area contributed by atoms with Crippen LogP contribution in [0.5, 0.6) is 0 Å². The number of hydrogen-bond acceptors (Lipinski definition) is 5. The van der Waals surface area contributed by atoms with Crippen LogP contribution in [0.2, 0.25) is 5.02 Å². The highest BCUT2D eigenvalue weighted by atomic mass is 35.5. The van der Waals surface area contributed by atoms with Crippen molar-refractivity contribution in [2.75, 3.05) is 5.32 Å². The number of hydrogen-bond donors (Lipinski definition) is 1. The average Bonchev–Trinajstić information content (AvgIpc) is 3.28. The minimum Gasteiger partial charge on any atom is -0.322 e. The Labute approximate surface area is 201 Å². The number of nitrogens with zero attached hydrogens (tertiary/aromatic N) is 4. The zero-order valence-corrected chi connectivity index (χ0v) is 19.3. The van der Waals surface area contributed by atoms with Crippen LogP contribution in [0, 0.1) is 0 Å². The summed E-state index contributed by atoms with van der Waals surface area (Å²) in [5, 5.41) is 12.2. The lowest BCUT2D eigenvalue weighted by atomic mass is 10.1. The molecule has 3 amide bonds. The monoisotopic (exact) mass is 477 g/mol. The van der Waals surface area contributed by atoms with Crippen LogP contribution < -0.4 is 5.32 Å². The standard InChI is InChI=1S/C25H24ClN5O3/c26-20-10-9-18(14-19(20)24-29-28-21-4-2-1-3-13-30(21)24)27-25(34)17-7-5-16(6-8-17)15-31-22(32)11-12-23(31)33/h5-10,14H,1-4,11-13,15H2,(H,27,34). The first-order chi connectivity index (χ1) is 16.5. The van der Waals surface area contributed by atoms with Crippen molar-refractivity contribution in [3.63, 3.8) is 0 Å². The molecule has 1 N–H and O–H groups in total. The van der Waals surface area contributed by atoms with Gasteiger partial charge in [-0.2, -0.15) is 0 Å². The van der Waals surface area contributed by atoms with Crippen LogP contribution in [-0.4, -0.2) is 37.4 Å². The molecule has 0 saturated carbocycles. The fraction of sp³-hybridized carbons (Fsp3) is 0.320. The highest BCUT2D eigenvalue weighted by Crippen LogP contribution is 2.31. The van der Waals surface area contributed by atoms with Crippen molar-refractivity contribution in [2.24, 2.45) is 0 Å². The van der Waals surface area contributed by atoms with Crippen LogP contribution in [0.1, 0.15) is 53.8 Å². The van der Waals surface area contributed by atoms with E-state index in [-0.39, 0.29) is 37.1 Å². The van der Waals surface area contributed by atoms with Gasteiger partial charge in [-0.05, 0) is 48.7 Å². The highest BCUT2D eigenvalue weighted by Gasteiger charge is 2.28. The second kappa shape index (κ2) is 9.38. The lowest BCUT2D eigenvalue weighted by Gasteiger charge is -2.14. The molecule has 1 saturated heterocycles. The molecule has 0 radical (unpaired) electrons. The van der Waals surface area contributed by atoms with Gasteiger partial charge in [0.2, 0.25) is 11.8 Å². The molecule has 174 valence electrons. The van der Waals surface area contributed by atoms with E-state index in [0.29, 0.717) is 22.1 Å². The van der Waals surface area contributed by atoms with Gasteiger partial charge < -0.3 is 9.88 Å². The van der Waals surface area contributed by atoms with Gasteiger partial charge in [-0.25, -0.2) is 0 Å². The quantitative estimate of drug-likeness (QED) is 0.555. The molecule has 5 rings (SSSR count). The molecule has 3 aromatic rings. The predicted molar refractivity (Wildman–Crippen MR) is 127 cm³/mol. The van der Waals surface area contributed by atoms with Crippen LogP contribution in [0.3, 0.4) is 0 Å². The van der Waals surface area contributed by atoms with Crippen LogP contribution in [-0.2, 0) is 29.1 Å². The Bertz CT molecular complexity index is 1250. The van der Waals surface area contributed by atoms with E-state index in [9.17, 15) is 14.4 Å². The van der Waals surface area contributed by atoms with Crippen molar-refractivity contribution >= 4 is 35.0 Å². The minimum atomic E-state index is -0.270. The molecule has 2 aromatic carbocycles. The molecule has 2 aliphatic rings. The minimum absolute atomic E-state index is 0.157. The summed E-state index contributed by atoms with van der Waals surface area (Å²) in [6, 6.07) is 12.2. The van der Waals surface area contributed by atoms with E-state index in [0.717, 1.165) is 49.2 Å². The summed E-state index contributed by atoms with van der Waals surface area (Å²) in [4.78, 5) is 37.7. The Morgan fingerprint density at radius 2 is 1.71 bits per heavy atom. The number of carbonyl (C=O) groups is 3. The van der Waals surface area contributed by atoms with E-state index in [1.807, 2.05) is 6.07 Å². The van der Waals surface area contributed by atoms with Crippen LogP contribution >= 0.6 is 11.6 Å². The van der Waals surface area contributed by atoms with Gasteiger partial charge in [0, 0.05) is 42.6 Å². The van der Waals surface area contributed by atoms with E-state index >= 15 is 0 Å². The van der Waals surface area contributed by atoms with Gasteiger partial charge in [0.15, 0.2) is 5.82 Å². The van der Waals surface area contributed by atoms with E-state index < -0.39 is 0 Å². The summed E-state index contributed by atoms with van der Waals surface area (Å²) in [5.74, 6) is 1.10. The number of benzene rings is 2. The number of likely N-dealkylation sites (tertiary alicyclic amines) is 1. The van der Waals surface area contributed by atoms with Crippen molar-refractivity contribution in [1.82, 2.24) is 19.7 Å². The first kappa shape index (κ1) is 22.3. The number of nitrogens with one attached hydrogen (secondary N) is 1. The first-order valence-electron chi connectivity index (χ1n) is 11.4. The van der Waals surface area contributed by atoms with Crippen molar-refractivity contribution in [2.45, 2.75) is 51.6 Å². The molecule has 2 aliphatic heterocycles. The highest BCUT2D eigenvalue weighted by molar-refractivity contribution is 6.33. The Kier molecular flexibility index (Phi) is 6.15. The summed E-state index contributed by atoms with van der Waals surface area (Å²) >= 11 is 6.49. The van der Waals surface area contributed by atoms with Crippen LogP contribution in [0.4, 0.5) is 5.69 Å². The Balaban J connectivity index is 1.31. The molecule has 9 heteroatoms. The summed E-state index contributed by atoms with van der Waals surface area (Å²) in [6.07, 6.45) is 4.76.